The average Bonchev–Trinajstić information content (AvgIpc) is 2.85. The van der Waals surface area contributed by atoms with E-state index in [1.54, 1.807) is 6.08 Å². The Balaban J connectivity index is 1.97. The molecule has 0 aliphatic rings. The number of amides is 1. The summed E-state index contributed by atoms with van der Waals surface area (Å²) in [7, 11) is 0. The lowest BCUT2D eigenvalue weighted by Crippen LogP contribution is -2.06. The zero-order valence-corrected chi connectivity index (χ0v) is 10.1. The van der Waals surface area contributed by atoms with E-state index in [1.807, 2.05) is 36.4 Å². The third-order valence-corrected chi connectivity index (χ3v) is 2.89. The van der Waals surface area contributed by atoms with Gasteiger partial charge in [0.15, 0.2) is 5.13 Å². The first-order chi connectivity index (χ1) is 8.78. The normalized spacial score (nSPS) is 10.2. The molecule has 1 N–H and O–H groups in total. The third-order valence-electron chi connectivity index (χ3n) is 2.07. The maximum atomic E-state index is 11.6. The minimum Gasteiger partial charge on any atom is -0.298 e. The Hall–Kier alpha value is -2.45. The van der Waals surface area contributed by atoms with Crippen molar-refractivity contribution in [1.82, 2.24) is 4.98 Å². The highest BCUT2D eigenvalue weighted by Gasteiger charge is 2.03. The van der Waals surface area contributed by atoms with Crippen LogP contribution in [0, 0.1) is 11.3 Å². The molecule has 0 fully saturated rings. The molecule has 1 amide bonds. The first kappa shape index (κ1) is 12.0. The van der Waals surface area contributed by atoms with Gasteiger partial charge >= 0.3 is 0 Å². The van der Waals surface area contributed by atoms with Gasteiger partial charge in [-0.05, 0) is 11.6 Å². The van der Waals surface area contributed by atoms with Crippen LogP contribution in [0.25, 0.3) is 6.08 Å². The zero-order chi connectivity index (χ0) is 12.8. The molecule has 0 radical (unpaired) electrons. The summed E-state index contributed by atoms with van der Waals surface area (Å²) in [4.78, 5) is 16.0. The Kier molecular flexibility index (Phi) is 3.84. The highest BCUT2D eigenvalue weighted by atomic mass is 32.1. The summed E-state index contributed by atoms with van der Waals surface area (Å²) in [5.41, 5.74) is 0.949. The Morgan fingerprint density at radius 2 is 2.17 bits per heavy atom. The van der Waals surface area contributed by atoms with Gasteiger partial charge in [-0.25, -0.2) is 4.98 Å². The second-order valence-corrected chi connectivity index (χ2v) is 4.41. The fourth-order valence-corrected chi connectivity index (χ4v) is 1.88. The highest BCUT2D eigenvalue weighted by Crippen LogP contribution is 2.16. The summed E-state index contributed by atoms with van der Waals surface area (Å²) in [6.45, 7) is 0. The van der Waals surface area contributed by atoms with Crippen LogP contribution in [0.5, 0.6) is 0 Å². The molecule has 0 aliphatic carbocycles. The second-order valence-electron chi connectivity index (χ2n) is 3.37. The maximum absolute atomic E-state index is 11.6. The molecule has 1 aromatic heterocycles. The van der Waals surface area contributed by atoms with Crippen molar-refractivity contribution in [3.8, 4) is 6.07 Å². The van der Waals surface area contributed by atoms with Crippen LogP contribution in [-0.4, -0.2) is 10.9 Å². The van der Waals surface area contributed by atoms with Crippen LogP contribution in [0.4, 0.5) is 5.13 Å². The van der Waals surface area contributed by atoms with Crippen molar-refractivity contribution in [1.29, 1.82) is 5.26 Å². The molecule has 1 heterocycles. The van der Waals surface area contributed by atoms with Gasteiger partial charge in [0.25, 0.3) is 0 Å². The van der Waals surface area contributed by atoms with Crippen molar-refractivity contribution >= 4 is 28.5 Å². The van der Waals surface area contributed by atoms with Gasteiger partial charge in [-0.15, -0.1) is 0 Å². The van der Waals surface area contributed by atoms with E-state index >= 15 is 0 Å². The number of nitrogens with one attached hydrogen (secondary N) is 1. The van der Waals surface area contributed by atoms with E-state index in [-0.39, 0.29) is 5.91 Å². The van der Waals surface area contributed by atoms with Crippen LogP contribution in [0.15, 0.2) is 42.6 Å². The number of nitrogens with zero attached hydrogens (tertiary/aromatic N) is 2. The predicted octanol–water partition coefficient (Wildman–Crippen LogP) is 2.67. The van der Waals surface area contributed by atoms with E-state index in [1.165, 1.54) is 12.3 Å². The minimum atomic E-state index is -0.266. The zero-order valence-electron chi connectivity index (χ0n) is 9.33. The summed E-state index contributed by atoms with van der Waals surface area (Å²) in [5, 5.41) is 11.7. The number of carbonyl (C=O) groups excluding carboxylic acids is 1. The molecule has 0 saturated heterocycles. The SMILES string of the molecule is N#Cc1cnc(NC(=O)/C=C/c2ccccc2)s1. The van der Waals surface area contributed by atoms with Gasteiger partial charge in [-0.1, -0.05) is 41.7 Å². The van der Waals surface area contributed by atoms with Gasteiger partial charge in [-0.3, -0.25) is 10.1 Å². The van der Waals surface area contributed by atoms with E-state index in [2.05, 4.69) is 10.3 Å². The summed E-state index contributed by atoms with van der Waals surface area (Å²) in [6, 6.07) is 11.5. The standard InChI is InChI=1S/C13H9N3OS/c14-8-11-9-15-13(18-11)16-12(17)7-6-10-4-2-1-3-5-10/h1-7,9H,(H,15,16,17)/b7-6+. The number of aromatic nitrogens is 1. The number of anilines is 1. The molecule has 88 valence electrons. The number of hydrogen-bond donors (Lipinski definition) is 1. The summed E-state index contributed by atoms with van der Waals surface area (Å²) < 4.78 is 0. The second kappa shape index (κ2) is 5.75. The number of hydrogen-bond acceptors (Lipinski definition) is 4. The van der Waals surface area contributed by atoms with Crippen molar-refractivity contribution < 1.29 is 4.79 Å². The van der Waals surface area contributed by atoms with E-state index < -0.39 is 0 Å². The summed E-state index contributed by atoms with van der Waals surface area (Å²) in [6.07, 6.45) is 4.58. The highest BCUT2D eigenvalue weighted by molar-refractivity contribution is 7.16. The van der Waals surface area contributed by atoms with E-state index in [0.29, 0.717) is 10.0 Å². The third kappa shape index (κ3) is 3.27. The number of nitriles is 1. The topological polar surface area (TPSA) is 65.8 Å². The summed E-state index contributed by atoms with van der Waals surface area (Å²) in [5.74, 6) is -0.266. The van der Waals surface area contributed by atoms with Crippen LogP contribution >= 0.6 is 11.3 Å². The minimum absolute atomic E-state index is 0.266. The Bertz CT molecular complexity index is 611. The van der Waals surface area contributed by atoms with Crippen LogP contribution in [0.1, 0.15) is 10.4 Å². The van der Waals surface area contributed by atoms with Crippen molar-refractivity contribution in [2.75, 3.05) is 5.32 Å². The smallest absolute Gasteiger partial charge is 0.250 e. The molecule has 2 rings (SSSR count). The molecule has 1 aromatic carbocycles. The largest absolute Gasteiger partial charge is 0.298 e. The van der Waals surface area contributed by atoms with Crippen molar-refractivity contribution in [3.63, 3.8) is 0 Å². The van der Waals surface area contributed by atoms with Crippen molar-refractivity contribution in [2.24, 2.45) is 0 Å². The first-order valence-corrected chi connectivity index (χ1v) is 5.99. The van der Waals surface area contributed by atoms with Gasteiger partial charge in [0.05, 0.1) is 6.20 Å². The van der Waals surface area contributed by atoms with Crippen molar-refractivity contribution in [3.05, 3.63) is 53.0 Å². The summed E-state index contributed by atoms with van der Waals surface area (Å²) >= 11 is 1.14. The van der Waals surface area contributed by atoms with Crippen LogP contribution in [0.2, 0.25) is 0 Å². The van der Waals surface area contributed by atoms with E-state index in [0.717, 1.165) is 16.9 Å². The first-order valence-electron chi connectivity index (χ1n) is 5.18. The fourth-order valence-electron chi connectivity index (χ4n) is 1.27. The number of thiazole rings is 1. The van der Waals surface area contributed by atoms with E-state index in [9.17, 15) is 4.79 Å². The fraction of sp³-hybridized carbons (Fsp3) is 0. The Labute approximate surface area is 108 Å². The number of rotatable bonds is 3. The van der Waals surface area contributed by atoms with Gasteiger partial charge < -0.3 is 0 Å². The molecule has 2 aromatic rings. The molecule has 0 spiro atoms. The Morgan fingerprint density at radius 3 is 2.83 bits per heavy atom. The number of carbonyl (C=O) groups is 1. The molecule has 0 atom stereocenters. The maximum Gasteiger partial charge on any atom is 0.250 e. The monoisotopic (exact) mass is 255 g/mol. The lowest BCUT2D eigenvalue weighted by molar-refractivity contribution is -0.111. The molecular formula is C13H9N3OS. The van der Waals surface area contributed by atoms with Gasteiger partial charge in [0, 0.05) is 6.08 Å². The van der Waals surface area contributed by atoms with Crippen LogP contribution < -0.4 is 5.32 Å². The molecule has 0 saturated carbocycles. The van der Waals surface area contributed by atoms with Crippen LogP contribution in [-0.2, 0) is 4.79 Å². The molecule has 0 unspecified atom stereocenters. The molecule has 4 nitrogen and oxygen atoms in total. The molecule has 0 bridgehead atoms. The molecular weight excluding hydrogens is 246 g/mol. The number of benzene rings is 1. The van der Waals surface area contributed by atoms with Gasteiger partial charge in [0.2, 0.25) is 5.91 Å². The molecule has 18 heavy (non-hydrogen) atoms. The lowest BCUT2D eigenvalue weighted by atomic mass is 10.2. The lowest BCUT2D eigenvalue weighted by Gasteiger charge is -1.95. The van der Waals surface area contributed by atoms with Gasteiger partial charge in [0.1, 0.15) is 10.9 Å². The Morgan fingerprint density at radius 1 is 1.39 bits per heavy atom. The predicted molar refractivity (Wildman–Crippen MR) is 70.9 cm³/mol. The van der Waals surface area contributed by atoms with Gasteiger partial charge in [-0.2, -0.15) is 5.26 Å². The quantitative estimate of drug-likeness (QED) is 0.857. The molecule has 0 aliphatic heterocycles. The van der Waals surface area contributed by atoms with Crippen molar-refractivity contribution in [2.45, 2.75) is 0 Å². The molecule has 5 heteroatoms. The van der Waals surface area contributed by atoms with Crippen LogP contribution in [0.3, 0.4) is 0 Å². The van der Waals surface area contributed by atoms with E-state index in [4.69, 9.17) is 5.26 Å². The average molecular weight is 255 g/mol.